The summed E-state index contributed by atoms with van der Waals surface area (Å²) in [4.78, 5) is 48.2. The fraction of sp³-hybridized carbons (Fsp3) is 0.0556. The first kappa shape index (κ1) is 19.8. The molecule has 28 heavy (non-hydrogen) atoms. The third kappa shape index (κ3) is 4.46. The van der Waals surface area contributed by atoms with Crippen LogP contribution in [0, 0.1) is 10.1 Å². The average molecular weight is 462 g/mol. The van der Waals surface area contributed by atoms with E-state index in [0.29, 0.717) is 17.4 Å². The Hall–Kier alpha value is -2.98. The lowest BCUT2D eigenvalue weighted by atomic mass is 10.1. The van der Waals surface area contributed by atoms with Crippen LogP contribution in [0.25, 0.3) is 6.08 Å². The number of anilines is 1. The average Bonchev–Trinajstić information content (AvgIpc) is 2.91. The summed E-state index contributed by atoms with van der Waals surface area (Å²) < 4.78 is 0.844. The second-order valence-corrected chi connectivity index (χ2v) is 7.55. The molecule has 3 rings (SSSR count). The van der Waals surface area contributed by atoms with Crippen LogP contribution in [0.2, 0.25) is 0 Å². The van der Waals surface area contributed by atoms with Crippen LogP contribution in [-0.4, -0.2) is 33.4 Å². The molecule has 0 aliphatic carbocycles. The third-order valence-corrected chi connectivity index (χ3v) is 5.16. The second-order valence-electron chi connectivity index (χ2n) is 5.64. The zero-order valence-electron chi connectivity index (χ0n) is 14.1. The van der Waals surface area contributed by atoms with Gasteiger partial charge in [-0.1, -0.05) is 28.1 Å². The molecule has 2 aromatic carbocycles. The van der Waals surface area contributed by atoms with Crippen molar-refractivity contribution in [3.63, 3.8) is 0 Å². The predicted octanol–water partition coefficient (Wildman–Crippen LogP) is 4.03. The van der Waals surface area contributed by atoms with Gasteiger partial charge in [-0.2, -0.15) is 0 Å². The number of hydrogen-bond donors (Lipinski definition) is 1. The van der Waals surface area contributed by atoms with Gasteiger partial charge < -0.3 is 5.32 Å². The molecule has 142 valence electrons. The second kappa shape index (κ2) is 8.36. The number of nitrogens with one attached hydrogen (secondary N) is 1. The van der Waals surface area contributed by atoms with Gasteiger partial charge in [0.25, 0.3) is 16.8 Å². The molecule has 1 aliphatic heterocycles. The van der Waals surface area contributed by atoms with Crippen molar-refractivity contribution < 1.29 is 19.3 Å². The molecule has 2 aromatic rings. The molecular weight excluding hydrogens is 450 g/mol. The Morgan fingerprint density at radius 1 is 1.18 bits per heavy atom. The minimum atomic E-state index is -0.667. The van der Waals surface area contributed by atoms with E-state index in [2.05, 4.69) is 21.2 Å². The first-order valence-electron chi connectivity index (χ1n) is 7.89. The van der Waals surface area contributed by atoms with E-state index in [4.69, 9.17) is 0 Å². The third-order valence-electron chi connectivity index (χ3n) is 3.72. The van der Waals surface area contributed by atoms with Crippen molar-refractivity contribution in [2.45, 2.75) is 0 Å². The Bertz CT molecular complexity index is 1010. The van der Waals surface area contributed by atoms with E-state index in [0.717, 1.165) is 9.37 Å². The largest absolute Gasteiger partial charge is 0.325 e. The van der Waals surface area contributed by atoms with Crippen molar-refractivity contribution in [2.75, 3.05) is 11.9 Å². The van der Waals surface area contributed by atoms with E-state index in [1.807, 2.05) is 0 Å². The summed E-state index contributed by atoms with van der Waals surface area (Å²) in [6.45, 7) is -0.449. The molecule has 0 atom stereocenters. The molecule has 1 saturated heterocycles. The number of benzene rings is 2. The lowest BCUT2D eigenvalue weighted by Crippen LogP contribution is -2.36. The Morgan fingerprint density at radius 2 is 1.86 bits per heavy atom. The maximum atomic E-state index is 12.5. The SMILES string of the molecule is O=C(CN1C(=O)S/C(=C/c2ccccc2[N+](=O)[O-])C1=O)Nc1ccc(Br)cc1. The molecule has 1 fully saturated rings. The number of para-hydroxylation sites is 1. The highest BCUT2D eigenvalue weighted by Gasteiger charge is 2.36. The van der Waals surface area contributed by atoms with Crippen molar-refractivity contribution in [1.82, 2.24) is 4.90 Å². The number of thioether (sulfide) groups is 1. The van der Waals surface area contributed by atoms with Crippen molar-refractivity contribution >= 4 is 62.2 Å². The number of halogens is 1. The maximum Gasteiger partial charge on any atom is 0.294 e. The number of rotatable bonds is 5. The Balaban J connectivity index is 1.74. The van der Waals surface area contributed by atoms with Crippen LogP contribution in [0.1, 0.15) is 5.56 Å². The number of carbonyl (C=O) groups excluding carboxylic acids is 3. The summed E-state index contributed by atoms with van der Waals surface area (Å²) in [6, 6.07) is 12.7. The van der Waals surface area contributed by atoms with Gasteiger partial charge >= 0.3 is 0 Å². The molecular formula is C18H12BrN3O5S. The molecule has 0 radical (unpaired) electrons. The van der Waals surface area contributed by atoms with Gasteiger partial charge in [0.15, 0.2) is 0 Å². The number of carbonyl (C=O) groups is 3. The van der Waals surface area contributed by atoms with Gasteiger partial charge in [0, 0.05) is 16.2 Å². The summed E-state index contributed by atoms with van der Waals surface area (Å²) in [5, 5.41) is 13.1. The summed E-state index contributed by atoms with van der Waals surface area (Å²) in [5.74, 6) is -1.20. The number of imide groups is 1. The standard InChI is InChI=1S/C18H12BrN3O5S/c19-12-5-7-13(8-6-12)20-16(23)10-21-17(24)15(28-18(21)25)9-11-3-1-2-4-14(11)22(26)27/h1-9H,10H2,(H,20,23)/b15-9+. The van der Waals surface area contributed by atoms with Crippen molar-refractivity contribution in [3.8, 4) is 0 Å². The van der Waals surface area contributed by atoms with Crippen LogP contribution in [0.3, 0.4) is 0 Å². The van der Waals surface area contributed by atoms with E-state index >= 15 is 0 Å². The van der Waals surface area contributed by atoms with E-state index in [1.165, 1.54) is 24.3 Å². The zero-order chi connectivity index (χ0) is 20.3. The number of nitro groups is 1. The van der Waals surface area contributed by atoms with Crippen LogP contribution in [0.4, 0.5) is 16.2 Å². The number of nitrogens with zero attached hydrogens (tertiary/aromatic N) is 2. The Labute approximate surface area is 171 Å². The van der Waals surface area contributed by atoms with Gasteiger partial charge in [-0.15, -0.1) is 0 Å². The molecule has 0 aromatic heterocycles. The van der Waals surface area contributed by atoms with Gasteiger partial charge in [0.1, 0.15) is 6.54 Å². The smallest absolute Gasteiger partial charge is 0.294 e. The fourth-order valence-electron chi connectivity index (χ4n) is 2.43. The highest BCUT2D eigenvalue weighted by atomic mass is 79.9. The minimum Gasteiger partial charge on any atom is -0.325 e. The highest BCUT2D eigenvalue weighted by molar-refractivity contribution is 9.10. The molecule has 3 amide bonds. The summed E-state index contributed by atoms with van der Waals surface area (Å²) in [6.07, 6.45) is 1.29. The van der Waals surface area contributed by atoms with Gasteiger partial charge in [-0.05, 0) is 48.2 Å². The molecule has 1 N–H and O–H groups in total. The van der Waals surface area contributed by atoms with Gasteiger partial charge in [-0.3, -0.25) is 29.4 Å². The van der Waals surface area contributed by atoms with Gasteiger partial charge in [-0.25, -0.2) is 0 Å². The molecule has 0 spiro atoms. The highest BCUT2D eigenvalue weighted by Crippen LogP contribution is 2.33. The number of hydrogen-bond acceptors (Lipinski definition) is 6. The topological polar surface area (TPSA) is 110 Å². The van der Waals surface area contributed by atoms with Crippen molar-refractivity contribution in [2.24, 2.45) is 0 Å². The van der Waals surface area contributed by atoms with E-state index < -0.39 is 28.5 Å². The van der Waals surface area contributed by atoms with E-state index in [9.17, 15) is 24.5 Å². The lowest BCUT2D eigenvalue weighted by Gasteiger charge is -2.12. The molecule has 1 heterocycles. The normalized spacial score (nSPS) is 15.2. The van der Waals surface area contributed by atoms with E-state index in [1.54, 1.807) is 30.3 Å². The molecule has 8 nitrogen and oxygen atoms in total. The quantitative estimate of drug-likeness (QED) is 0.408. The Kier molecular flexibility index (Phi) is 5.90. The molecule has 0 saturated carbocycles. The van der Waals surface area contributed by atoms with Crippen LogP contribution in [0.15, 0.2) is 57.9 Å². The van der Waals surface area contributed by atoms with Crippen LogP contribution >= 0.6 is 27.7 Å². The molecule has 1 aliphatic rings. The molecule has 0 bridgehead atoms. The monoisotopic (exact) mass is 461 g/mol. The van der Waals surface area contributed by atoms with Gasteiger partial charge in [0.05, 0.1) is 15.4 Å². The molecule has 0 unspecified atom stereocenters. The maximum absolute atomic E-state index is 12.5. The summed E-state index contributed by atoms with van der Waals surface area (Å²) in [5.41, 5.74) is 0.551. The van der Waals surface area contributed by atoms with Gasteiger partial charge in [0.2, 0.25) is 5.91 Å². The van der Waals surface area contributed by atoms with Crippen LogP contribution in [0.5, 0.6) is 0 Å². The van der Waals surface area contributed by atoms with Crippen LogP contribution < -0.4 is 5.32 Å². The number of amides is 3. The summed E-state index contributed by atoms with van der Waals surface area (Å²) in [7, 11) is 0. The number of nitro benzene ring substituents is 1. The summed E-state index contributed by atoms with van der Waals surface area (Å²) >= 11 is 3.92. The lowest BCUT2D eigenvalue weighted by molar-refractivity contribution is -0.385. The fourth-order valence-corrected chi connectivity index (χ4v) is 3.52. The molecule has 10 heteroatoms. The predicted molar refractivity (Wildman–Crippen MR) is 109 cm³/mol. The van der Waals surface area contributed by atoms with Crippen LogP contribution in [-0.2, 0) is 9.59 Å². The minimum absolute atomic E-state index is 0.0238. The Morgan fingerprint density at radius 3 is 2.54 bits per heavy atom. The first-order chi connectivity index (χ1) is 13.3. The zero-order valence-corrected chi connectivity index (χ0v) is 16.5. The van der Waals surface area contributed by atoms with Crippen molar-refractivity contribution in [1.29, 1.82) is 0 Å². The first-order valence-corrected chi connectivity index (χ1v) is 9.50. The van der Waals surface area contributed by atoms with E-state index in [-0.39, 0.29) is 16.2 Å². The van der Waals surface area contributed by atoms with Crippen molar-refractivity contribution in [3.05, 3.63) is 73.6 Å².